The zero-order valence-electron chi connectivity index (χ0n) is 17.2. The summed E-state index contributed by atoms with van der Waals surface area (Å²) in [7, 11) is 0. The number of benzene rings is 2. The van der Waals surface area contributed by atoms with E-state index in [1.54, 1.807) is 23.0 Å². The fourth-order valence-electron chi connectivity index (χ4n) is 3.44. The van der Waals surface area contributed by atoms with Gasteiger partial charge < -0.3 is 10.4 Å². The average Bonchev–Trinajstić information content (AvgIpc) is 3.53. The van der Waals surface area contributed by atoms with Crippen LogP contribution in [0.3, 0.4) is 0 Å². The van der Waals surface area contributed by atoms with Gasteiger partial charge in [-0.2, -0.15) is 0 Å². The third kappa shape index (κ3) is 4.43. The number of aromatic nitrogens is 3. The second-order valence-corrected chi connectivity index (χ2v) is 10.5. The first-order valence-electron chi connectivity index (χ1n) is 9.89. The maximum Gasteiger partial charge on any atom is 0.337 e. The number of amides is 1. The molecule has 0 unspecified atom stereocenters. The van der Waals surface area contributed by atoms with Crippen LogP contribution >= 0.6 is 45.9 Å². The fourth-order valence-corrected chi connectivity index (χ4v) is 5.93. The minimum absolute atomic E-state index is 0.0463. The molecule has 2 N–H and O–H groups in total. The van der Waals surface area contributed by atoms with E-state index in [0.717, 1.165) is 15.0 Å². The Labute approximate surface area is 211 Å². The largest absolute Gasteiger partial charge is 0.478 e. The first kappa shape index (κ1) is 22.5. The van der Waals surface area contributed by atoms with E-state index in [2.05, 4.69) is 15.6 Å². The lowest BCUT2D eigenvalue weighted by Crippen LogP contribution is -2.14. The van der Waals surface area contributed by atoms with Gasteiger partial charge in [0, 0.05) is 20.5 Å². The van der Waals surface area contributed by atoms with Gasteiger partial charge in [-0.25, -0.2) is 9.48 Å². The van der Waals surface area contributed by atoms with E-state index in [1.165, 1.54) is 28.7 Å². The predicted molar refractivity (Wildman–Crippen MR) is 136 cm³/mol. The lowest BCUT2D eigenvalue weighted by molar-refractivity contribution is 0.0698. The number of halogens is 2. The van der Waals surface area contributed by atoms with Gasteiger partial charge >= 0.3 is 5.97 Å². The molecule has 0 spiro atoms. The Balaban J connectivity index is 1.44. The van der Waals surface area contributed by atoms with Crippen LogP contribution in [0.2, 0.25) is 9.36 Å². The summed E-state index contributed by atoms with van der Waals surface area (Å²) >= 11 is 15.1. The van der Waals surface area contributed by atoms with Crippen molar-refractivity contribution in [3.63, 3.8) is 0 Å². The van der Waals surface area contributed by atoms with Crippen LogP contribution in [0, 0.1) is 0 Å². The van der Waals surface area contributed by atoms with Crippen LogP contribution in [0.15, 0.2) is 60.8 Å². The topological polar surface area (TPSA) is 97.1 Å². The highest BCUT2D eigenvalue weighted by Crippen LogP contribution is 2.36. The third-order valence-electron chi connectivity index (χ3n) is 5.02. The van der Waals surface area contributed by atoms with Crippen LogP contribution in [0.25, 0.3) is 21.3 Å². The summed E-state index contributed by atoms with van der Waals surface area (Å²) in [5.74, 6) is -1.65. The van der Waals surface area contributed by atoms with E-state index in [1.807, 2.05) is 36.4 Å². The maximum atomic E-state index is 13.0. The second kappa shape index (κ2) is 9.19. The minimum Gasteiger partial charge on any atom is -0.478 e. The standard InChI is InChI=1S/C23H14Cl2N4O3S2/c24-19-8-6-13(33-19)10-29-11-17(27-28-29)12-5-7-14(23(31)32)16(9-12)26-22(30)21-20(25)15-3-1-2-4-18(15)34-21/h1-9,11H,10H2,(H,26,30)(H,31,32). The van der Waals surface area contributed by atoms with Gasteiger partial charge in [0.05, 0.1) is 33.4 Å². The molecule has 34 heavy (non-hydrogen) atoms. The fraction of sp³-hybridized carbons (Fsp3) is 0.0435. The van der Waals surface area contributed by atoms with Crippen LogP contribution in [-0.2, 0) is 6.54 Å². The number of hydrogen-bond acceptors (Lipinski definition) is 6. The Hall–Kier alpha value is -3.24. The summed E-state index contributed by atoms with van der Waals surface area (Å²) in [5, 5.41) is 21.8. The number of thiophene rings is 2. The average molecular weight is 529 g/mol. The first-order valence-corrected chi connectivity index (χ1v) is 12.3. The number of rotatable bonds is 6. The quantitative estimate of drug-likeness (QED) is 0.261. The molecular weight excluding hydrogens is 515 g/mol. The number of fused-ring (bicyclic) bond motifs is 1. The summed E-state index contributed by atoms with van der Waals surface area (Å²) in [5.41, 5.74) is 1.24. The van der Waals surface area contributed by atoms with Crippen LogP contribution in [-0.4, -0.2) is 32.0 Å². The molecule has 0 radical (unpaired) electrons. The Morgan fingerprint density at radius 3 is 2.62 bits per heavy atom. The Kier molecular flexibility index (Phi) is 6.09. The van der Waals surface area contributed by atoms with Crippen molar-refractivity contribution < 1.29 is 14.7 Å². The van der Waals surface area contributed by atoms with E-state index in [0.29, 0.717) is 32.0 Å². The van der Waals surface area contributed by atoms with Crippen molar-refractivity contribution in [2.24, 2.45) is 0 Å². The summed E-state index contributed by atoms with van der Waals surface area (Å²) in [6.45, 7) is 0.506. The van der Waals surface area contributed by atoms with Crippen molar-refractivity contribution in [3.8, 4) is 11.3 Å². The highest BCUT2D eigenvalue weighted by atomic mass is 35.5. The molecule has 5 rings (SSSR count). The van der Waals surface area contributed by atoms with Crippen LogP contribution < -0.4 is 5.32 Å². The van der Waals surface area contributed by atoms with Crippen molar-refractivity contribution in [1.29, 1.82) is 0 Å². The van der Waals surface area contributed by atoms with Crippen LogP contribution in [0.5, 0.6) is 0 Å². The Morgan fingerprint density at radius 1 is 1.06 bits per heavy atom. The van der Waals surface area contributed by atoms with E-state index in [9.17, 15) is 14.7 Å². The van der Waals surface area contributed by atoms with E-state index >= 15 is 0 Å². The smallest absolute Gasteiger partial charge is 0.337 e. The van der Waals surface area contributed by atoms with Gasteiger partial charge in [0.2, 0.25) is 0 Å². The summed E-state index contributed by atoms with van der Waals surface area (Å²) < 4.78 is 3.23. The predicted octanol–water partition coefficient (Wildman–Crippen LogP) is 6.53. The number of carboxylic acids is 1. The number of hydrogen-bond donors (Lipinski definition) is 2. The molecule has 0 fully saturated rings. The summed E-state index contributed by atoms with van der Waals surface area (Å²) in [4.78, 5) is 26.1. The van der Waals surface area contributed by atoms with Crippen LogP contribution in [0.4, 0.5) is 5.69 Å². The summed E-state index contributed by atoms with van der Waals surface area (Å²) in [6.07, 6.45) is 1.75. The number of carboxylic acid groups (broad SMARTS) is 1. The molecule has 0 aliphatic carbocycles. The monoisotopic (exact) mass is 528 g/mol. The lowest BCUT2D eigenvalue weighted by Gasteiger charge is -2.09. The molecule has 0 saturated carbocycles. The van der Waals surface area contributed by atoms with Gasteiger partial charge in [-0.15, -0.1) is 27.8 Å². The van der Waals surface area contributed by atoms with Crippen LogP contribution in [0.1, 0.15) is 24.9 Å². The van der Waals surface area contributed by atoms with E-state index in [-0.39, 0.29) is 11.3 Å². The molecule has 0 aliphatic heterocycles. The van der Waals surface area contributed by atoms with Crippen molar-refractivity contribution in [1.82, 2.24) is 15.0 Å². The second-order valence-electron chi connectivity index (χ2n) is 7.27. The first-order chi connectivity index (χ1) is 16.4. The van der Waals surface area contributed by atoms with Crippen molar-refractivity contribution in [3.05, 3.63) is 85.5 Å². The molecule has 0 saturated heterocycles. The number of carbonyl (C=O) groups excluding carboxylic acids is 1. The van der Waals surface area contributed by atoms with E-state index < -0.39 is 11.9 Å². The molecule has 2 aromatic carbocycles. The molecule has 0 bridgehead atoms. The van der Waals surface area contributed by atoms with Gasteiger partial charge in [-0.05, 0) is 30.3 Å². The minimum atomic E-state index is -1.16. The highest BCUT2D eigenvalue weighted by Gasteiger charge is 2.20. The number of carbonyl (C=O) groups is 2. The van der Waals surface area contributed by atoms with Gasteiger partial charge in [-0.3, -0.25) is 4.79 Å². The summed E-state index contributed by atoms with van der Waals surface area (Å²) in [6, 6.07) is 15.8. The molecule has 1 amide bonds. The SMILES string of the molecule is O=C(O)c1ccc(-c2cn(Cc3ccc(Cl)s3)nn2)cc1NC(=O)c1sc2ccccc2c1Cl. The zero-order valence-corrected chi connectivity index (χ0v) is 20.3. The number of nitrogens with one attached hydrogen (secondary N) is 1. The molecule has 11 heteroatoms. The van der Waals surface area contributed by atoms with Gasteiger partial charge in [0.25, 0.3) is 5.91 Å². The van der Waals surface area contributed by atoms with Crippen molar-refractivity contribution in [2.75, 3.05) is 5.32 Å². The molecular formula is C23H14Cl2N4O3S2. The highest BCUT2D eigenvalue weighted by molar-refractivity contribution is 7.21. The maximum absolute atomic E-state index is 13.0. The van der Waals surface area contributed by atoms with Crippen molar-refractivity contribution in [2.45, 2.75) is 6.54 Å². The normalized spacial score (nSPS) is 11.1. The molecule has 0 atom stereocenters. The van der Waals surface area contributed by atoms with Gasteiger partial charge in [0.15, 0.2) is 0 Å². The molecule has 0 aliphatic rings. The molecule has 3 aromatic heterocycles. The van der Waals surface area contributed by atoms with Crippen molar-refractivity contribution >= 4 is 73.5 Å². The molecule has 5 aromatic rings. The third-order valence-corrected chi connectivity index (χ3v) is 7.91. The lowest BCUT2D eigenvalue weighted by atomic mass is 10.1. The Bertz CT molecular complexity index is 1560. The van der Waals surface area contributed by atoms with Gasteiger partial charge in [0.1, 0.15) is 10.6 Å². The zero-order chi connectivity index (χ0) is 23.8. The number of anilines is 1. The Morgan fingerprint density at radius 2 is 1.88 bits per heavy atom. The molecule has 3 heterocycles. The van der Waals surface area contributed by atoms with E-state index in [4.69, 9.17) is 23.2 Å². The van der Waals surface area contributed by atoms with Gasteiger partial charge in [-0.1, -0.05) is 52.7 Å². The molecule has 7 nitrogen and oxygen atoms in total. The molecule has 170 valence electrons. The number of aromatic carboxylic acids is 1. The number of nitrogens with zero attached hydrogens (tertiary/aromatic N) is 3.